The van der Waals surface area contributed by atoms with Gasteiger partial charge in [-0.15, -0.1) is 6.58 Å². The Morgan fingerprint density at radius 1 is 1.00 bits per heavy atom. The van der Waals surface area contributed by atoms with Crippen molar-refractivity contribution in [1.29, 1.82) is 0 Å². The summed E-state index contributed by atoms with van der Waals surface area (Å²) in [4.78, 5) is 0. The summed E-state index contributed by atoms with van der Waals surface area (Å²) in [5.41, 5.74) is 0. The Morgan fingerprint density at radius 3 is 2.13 bits per heavy atom. The van der Waals surface area contributed by atoms with E-state index in [9.17, 15) is 0 Å². The molecular weight excluding hydrogens is 180 g/mol. The normalized spacial score (nSPS) is 26.5. The summed E-state index contributed by atoms with van der Waals surface area (Å²) in [6.45, 7) is 6.11. The molecule has 1 saturated carbocycles. The molecule has 0 radical (unpaired) electrons. The SMILES string of the molecule is C=CCCC1CCC(CCCCC)CC1. The molecule has 0 aromatic heterocycles. The first kappa shape index (κ1) is 12.8. The zero-order valence-electron chi connectivity index (χ0n) is 10.5. The maximum Gasteiger partial charge on any atom is -0.0351 e. The van der Waals surface area contributed by atoms with Crippen molar-refractivity contribution in [3.63, 3.8) is 0 Å². The Morgan fingerprint density at radius 2 is 1.60 bits per heavy atom. The first-order valence-electron chi connectivity index (χ1n) is 6.97. The quantitative estimate of drug-likeness (QED) is 0.391. The van der Waals surface area contributed by atoms with Gasteiger partial charge in [0.05, 0.1) is 0 Å². The molecular formula is C15H28. The second kappa shape index (κ2) is 7.96. The van der Waals surface area contributed by atoms with Gasteiger partial charge in [-0.05, 0) is 24.7 Å². The molecule has 0 heterocycles. The van der Waals surface area contributed by atoms with Crippen molar-refractivity contribution < 1.29 is 0 Å². The van der Waals surface area contributed by atoms with Gasteiger partial charge in [-0.25, -0.2) is 0 Å². The van der Waals surface area contributed by atoms with E-state index in [4.69, 9.17) is 0 Å². The Hall–Kier alpha value is -0.260. The van der Waals surface area contributed by atoms with E-state index in [0.29, 0.717) is 0 Å². The molecule has 0 amide bonds. The van der Waals surface area contributed by atoms with Gasteiger partial charge in [0.2, 0.25) is 0 Å². The van der Waals surface area contributed by atoms with Crippen LogP contribution in [0.15, 0.2) is 12.7 Å². The highest BCUT2D eigenvalue weighted by Crippen LogP contribution is 2.34. The van der Waals surface area contributed by atoms with Crippen LogP contribution in [0.1, 0.15) is 71.1 Å². The Kier molecular flexibility index (Phi) is 6.80. The highest BCUT2D eigenvalue weighted by atomic mass is 14.3. The third kappa shape index (κ3) is 5.39. The Bertz CT molecular complexity index is 151. The maximum atomic E-state index is 3.81. The predicted octanol–water partition coefficient (Wildman–Crippen LogP) is 5.34. The molecule has 0 nitrogen and oxygen atoms in total. The van der Waals surface area contributed by atoms with Gasteiger partial charge >= 0.3 is 0 Å². The van der Waals surface area contributed by atoms with Crippen LogP contribution in [-0.4, -0.2) is 0 Å². The van der Waals surface area contributed by atoms with Crippen molar-refractivity contribution in [1.82, 2.24) is 0 Å². The molecule has 0 N–H and O–H groups in total. The summed E-state index contributed by atoms with van der Waals surface area (Å²) in [7, 11) is 0. The molecule has 0 unspecified atom stereocenters. The number of allylic oxidation sites excluding steroid dienone is 1. The number of hydrogen-bond donors (Lipinski definition) is 0. The van der Waals surface area contributed by atoms with Gasteiger partial charge < -0.3 is 0 Å². The molecule has 0 bridgehead atoms. The minimum atomic E-state index is 1.02. The summed E-state index contributed by atoms with van der Waals surface area (Å²) >= 11 is 0. The fourth-order valence-electron chi connectivity index (χ4n) is 2.85. The van der Waals surface area contributed by atoms with Gasteiger partial charge in [0.15, 0.2) is 0 Å². The fraction of sp³-hybridized carbons (Fsp3) is 0.867. The molecule has 1 fully saturated rings. The average Bonchev–Trinajstić information content (AvgIpc) is 2.28. The van der Waals surface area contributed by atoms with Crippen molar-refractivity contribution in [2.75, 3.05) is 0 Å². The molecule has 15 heavy (non-hydrogen) atoms. The summed E-state index contributed by atoms with van der Waals surface area (Å²) in [5.74, 6) is 2.09. The molecule has 1 aliphatic carbocycles. The fourth-order valence-corrected chi connectivity index (χ4v) is 2.85. The summed E-state index contributed by atoms with van der Waals surface area (Å²) in [6, 6.07) is 0. The Balaban J connectivity index is 2.04. The largest absolute Gasteiger partial charge is 0.103 e. The van der Waals surface area contributed by atoms with E-state index in [-0.39, 0.29) is 0 Å². The molecule has 0 spiro atoms. The third-order valence-corrected chi connectivity index (χ3v) is 3.96. The third-order valence-electron chi connectivity index (χ3n) is 3.96. The molecule has 0 aromatic rings. The highest BCUT2D eigenvalue weighted by molar-refractivity contribution is 4.76. The molecule has 1 aliphatic rings. The molecule has 0 aliphatic heterocycles. The highest BCUT2D eigenvalue weighted by Gasteiger charge is 2.19. The minimum Gasteiger partial charge on any atom is -0.103 e. The van der Waals surface area contributed by atoms with Crippen molar-refractivity contribution in [2.24, 2.45) is 11.8 Å². The monoisotopic (exact) mass is 208 g/mol. The number of unbranched alkanes of at least 4 members (excludes halogenated alkanes) is 2. The van der Waals surface area contributed by atoms with E-state index in [1.54, 1.807) is 0 Å². The molecule has 88 valence electrons. The predicted molar refractivity (Wildman–Crippen MR) is 69.0 cm³/mol. The molecule has 0 atom stereocenters. The second-order valence-electron chi connectivity index (χ2n) is 5.25. The van der Waals surface area contributed by atoms with Crippen LogP contribution in [-0.2, 0) is 0 Å². The number of hydrogen-bond acceptors (Lipinski definition) is 0. The van der Waals surface area contributed by atoms with E-state index in [1.807, 2.05) is 0 Å². The first-order valence-corrected chi connectivity index (χ1v) is 6.97. The maximum absolute atomic E-state index is 3.81. The zero-order valence-corrected chi connectivity index (χ0v) is 10.5. The smallest absolute Gasteiger partial charge is 0.0351 e. The zero-order chi connectivity index (χ0) is 10.9. The average molecular weight is 208 g/mol. The van der Waals surface area contributed by atoms with E-state index in [0.717, 1.165) is 11.8 Å². The number of rotatable bonds is 7. The van der Waals surface area contributed by atoms with Crippen molar-refractivity contribution in [2.45, 2.75) is 71.1 Å². The van der Waals surface area contributed by atoms with Crippen molar-refractivity contribution in [3.05, 3.63) is 12.7 Å². The van der Waals surface area contributed by atoms with Crippen LogP contribution >= 0.6 is 0 Å². The van der Waals surface area contributed by atoms with Crippen molar-refractivity contribution >= 4 is 0 Å². The van der Waals surface area contributed by atoms with Gasteiger partial charge in [0, 0.05) is 0 Å². The van der Waals surface area contributed by atoms with Gasteiger partial charge in [-0.3, -0.25) is 0 Å². The van der Waals surface area contributed by atoms with Crippen LogP contribution < -0.4 is 0 Å². The van der Waals surface area contributed by atoms with E-state index >= 15 is 0 Å². The van der Waals surface area contributed by atoms with Crippen LogP contribution in [0.5, 0.6) is 0 Å². The van der Waals surface area contributed by atoms with E-state index in [2.05, 4.69) is 19.6 Å². The molecule has 0 heteroatoms. The lowest BCUT2D eigenvalue weighted by Gasteiger charge is -2.28. The van der Waals surface area contributed by atoms with Gasteiger partial charge in [-0.1, -0.05) is 64.4 Å². The topological polar surface area (TPSA) is 0 Å². The van der Waals surface area contributed by atoms with Gasteiger partial charge in [0.1, 0.15) is 0 Å². The van der Waals surface area contributed by atoms with Gasteiger partial charge in [-0.2, -0.15) is 0 Å². The standard InChI is InChI=1S/C15H28/c1-3-5-7-9-15-12-10-14(11-13-15)8-6-4-2/h4,14-15H,2-3,5-13H2,1H3. The second-order valence-corrected chi connectivity index (χ2v) is 5.25. The lowest BCUT2D eigenvalue weighted by Crippen LogP contribution is -2.14. The van der Waals surface area contributed by atoms with Crippen LogP contribution in [0, 0.1) is 11.8 Å². The van der Waals surface area contributed by atoms with E-state index < -0.39 is 0 Å². The lowest BCUT2D eigenvalue weighted by atomic mass is 9.78. The Labute approximate surface area is 96.2 Å². The lowest BCUT2D eigenvalue weighted by molar-refractivity contribution is 0.250. The summed E-state index contributed by atoms with van der Waals surface area (Å²) in [6.07, 6.45) is 16.5. The van der Waals surface area contributed by atoms with Crippen LogP contribution in [0.2, 0.25) is 0 Å². The van der Waals surface area contributed by atoms with Crippen molar-refractivity contribution in [3.8, 4) is 0 Å². The van der Waals surface area contributed by atoms with Crippen LogP contribution in [0.25, 0.3) is 0 Å². The van der Waals surface area contributed by atoms with Crippen LogP contribution in [0.4, 0.5) is 0 Å². The first-order chi connectivity index (χ1) is 7.36. The van der Waals surface area contributed by atoms with Gasteiger partial charge in [0.25, 0.3) is 0 Å². The summed E-state index contributed by atoms with van der Waals surface area (Å²) < 4.78 is 0. The molecule has 1 rings (SSSR count). The van der Waals surface area contributed by atoms with Crippen LogP contribution in [0.3, 0.4) is 0 Å². The molecule has 0 saturated heterocycles. The minimum absolute atomic E-state index is 1.02. The summed E-state index contributed by atoms with van der Waals surface area (Å²) in [5, 5.41) is 0. The van der Waals surface area contributed by atoms with E-state index in [1.165, 1.54) is 64.2 Å². The molecule has 0 aromatic carbocycles.